The van der Waals surface area contributed by atoms with Crippen molar-refractivity contribution in [3.05, 3.63) is 12.2 Å². The van der Waals surface area contributed by atoms with Crippen molar-refractivity contribution >= 4 is 0 Å². The molecule has 0 aromatic heterocycles. The van der Waals surface area contributed by atoms with E-state index >= 15 is 0 Å². The third kappa shape index (κ3) is 4.17. The predicted molar refractivity (Wildman–Crippen MR) is 127 cm³/mol. The van der Waals surface area contributed by atoms with Crippen LogP contribution in [0.1, 0.15) is 84.5 Å². The topological polar surface area (TPSA) is 21.7 Å². The highest BCUT2D eigenvalue weighted by Crippen LogP contribution is 2.67. The van der Waals surface area contributed by atoms with Crippen molar-refractivity contribution in [2.45, 2.75) is 90.6 Å². The van der Waals surface area contributed by atoms with E-state index in [1.807, 2.05) is 0 Å². The third-order valence-electron chi connectivity index (χ3n) is 10.9. The molecule has 4 saturated carbocycles. The minimum atomic E-state index is 0.458. The molecule has 0 aromatic rings. The number of allylic oxidation sites excluding steroid dienone is 1. The Morgan fingerprint density at radius 1 is 0.935 bits per heavy atom. The Balaban J connectivity index is 1.08. The van der Waals surface area contributed by atoms with Crippen molar-refractivity contribution in [1.82, 2.24) is 4.90 Å². The average Bonchev–Trinajstić information content (AvgIpc) is 3.38. The molecule has 7 atom stereocenters. The molecule has 4 aliphatic carbocycles. The van der Waals surface area contributed by atoms with Gasteiger partial charge in [-0.1, -0.05) is 26.0 Å². The zero-order valence-corrected chi connectivity index (χ0v) is 20.4. The van der Waals surface area contributed by atoms with Crippen LogP contribution in [-0.4, -0.2) is 50.5 Å². The van der Waals surface area contributed by atoms with Crippen molar-refractivity contribution < 1.29 is 9.47 Å². The number of hydrogen-bond donors (Lipinski definition) is 0. The van der Waals surface area contributed by atoms with Crippen molar-refractivity contribution in [2.75, 3.05) is 39.5 Å². The summed E-state index contributed by atoms with van der Waals surface area (Å²) in [5.74, 6) is 3.70. The molecule has 1 saturated heterocycles. The zero-order valence-electron chi connectivity index (χ0n) is 20.4. The highest BCUT2D eigenvalue weighted by Gasteiger charge is 2.58. The molecular weight excluding hydrogens is 382 g/mol. The molecule has 0 aromatic carbocycles. The molecule has 0 radical (unpaired) electrons. The number of rotatable bonds is 7. The monoisotopic (exact) mass is 429 g/mol. The first-order valence-electron chi connectivity index (χ1n) is 13.6. The molecule has 0 N–H and O–H groups in total. The lowest BCUT2D eigenvalue weighted by Crippen LogP contribution is -2.53. The highest BCUT2D eigenvalue weighted by molar-refractivity contribution is 5.21. The maximum atomic E-state index is 6.33. The van der Waals surface area contributed by atoms with Crippen LogP contribution in [0.2, 0.25) is 0 Å². The third-order valence-corrected chi connectivity index (χ3v) is 10.9. The van der Waals surface area contributed by atoms with Gasteiger partial charge in [0.1, 0.15) is 0 Å². The van der Waals surface area contributed by atoms with Crippen LogP contribution in [0.4, 0.5) is 0 Å². The summed E-state index contributed by atoms with van der Waals surface area (Å²) in [5, 5.41) is 0. The first-order valence-corrected chi connectivity index (χ1v) is 13.6. The molecule has 4 unspecified atom stereocenters. The van der Waals surface area contributed by atoms with E-state index < -0.39 is 0 Å². The minimum Gasteiger partial charge on any atom is -0.378 e. The molecule has 5 aliphatic rings. The van der Waals surface area contributed by atoms with Crippen molar-refractivity contribution in [2.24, 2.45) is 34.5 Å². The summed E-state index contributed by atoms with van der Waals surface area (Å²) in [4.78, 5) is 2.52. The Hall–Kier alpha value is -0.380. The Morgan fingerprint density at radius 2 is 1.77 bits per heavy atom. The fourth-order valence-corrected chi connectivity index (χ4v) is 8.85. The zero-order chi connectivity index (χ0) is 21.5. The molecule has 5 rings (SSSR count). The Bertz CT molecular complexity index is 643. The van der Waals surface area contributed by atoms with Crippen LogP contribution in [0.3, 0.4) is 0 Å². The molecule has 1 heterocycles. The van der Waals surface area contributed by atoms with Gasteiger partial charge in [0.15, 0.2) is 0 Å². The Kier molecular flexibility index (Phi) is 6.58. The Labute approximate surface area is 191 Å². The first kappa shape index (κ1) is 22.4. The van der Waals surface area contributed by atoms with Crippen LogP contribution in [0.15, 0.2) is 12.2 Å². The number of hydrogen-bond acceptors (Lipinski definition) is 3. The van der Waals surface area contributed by atoms with Gasteiger partial charge in [-0.05, 0) is 118 Å². The van der Waals surface area contributed by atoms with Crippen LogP contribution >= 0.6 is 0 Å². The first-order chi connectivity index (χ1) is 15.0. The number of ether oxygens (including phenoxy) is 2. The maximum absolute atomic E-state index is 6.33. The molecule has 31 heavy (non-hydrogen) atoms. The molecule has 3 nitrogen and oxygen atoms in total. The summed E-state index contributed by atoms with van der Waals surface area (Å²) in [5.41, 5.74) is 2.59. The lowest BCUT2D eigenvalue weighted by Gasteiger charge is -2.60. The van der Waals surface area contributed by atoms with E-state index in [-0.39, 0.29) is 0 Å². The predicted octanol–water partition coefficient (Wildman–Crippen LogP) is 6.08. The van der Waals surface area contributed by atoms with Gasteiger partial charge in [-0.3, -0.25) is 0 Å². The SMILES string of the molecule is C=C1CCC2C3CCC4C[C@@H](OCCOCCN5CCCC5)CC[C@]4(C)C3CC[C@]12C. The van der Waals surface area contributed by atoms with Gasteiger partial charge in [0.05, 0.1) is 25.9 Å². The molecular formula is C28H47NO2. The van der Waals surface area contributed by atoms with Crippen LogP contribution in [0.5, 0.6) is 0 Å². The van der Waals surface area contributed by atoms with Crippen molar-refractivity contribution in [3.63, 3.8) is 0 Å². The molecule has 176 valence electrons. The molecule has 0 amide bonds. The largest absolute Gasteiger partial charge is 0.378 e. The van der Waals surface area contributed by atoms with Crippen molar-refractivity contribution in [1.29, 1.82) is 0 Å². The lowest BCUT2D eigenvalue weighted by atomic mass is 9.45. The quantitative estimate of drug-likeness (QED) is 0.361. The van der Waals surface area contributed by atoms with Gasteiger partial charge in [-0.2, -0.15) is 0 Å². The molecule has 1 aliphatic heterocycles. The second-order valence-electron chi connectivity index (χ2n) is 12.2. The summed E-state index contributed by atoms with van der Waals surface area (Å²) in [6, 6.07) is 0. The average molecular weight is 430 g/mol. The van der Waals surface area contributed by atoms with E-state index in [4.69, 9.17) is 9.47 Å². The van der Waals surface area contributed by atoms with Crippen LogP contribution in [0.25, 0.3) is 0 Å². The van der Waals surface area contributed by atoms with Gasteiger partial charge >= 0.3 is 0 Å². The highest BCUT2D eigenvalue weighted by atomic mass is 16.5. The van der Waals surface area contributed by atoms with Crippen molar-refractivity contribution in [3.8, 4) is 0 Å². The van der Waals surface area contributed by atoms with Gasteiger partial charge in [-0.25, -0.2) is 0 Å². The Morgan fingerprint density at radius 3 is 2.61 bits per heavy atom. The fourth-order valence-electron chi connectivity index (χ4n) is 8.85. The van der Waals surface area contributed by atoms with Gasteiger partial charge < -0.3 is 14.4 Å². The lowest BCUT2D eigenvalue weighted by molar-refractivity contribution is -0.129. The van der Waals surface area contributed by atoms with Gasteiger partial charge in [0.25, 0.3) is 0 Å². The summed E-state index contributed by atoms with van der Waals surface area (Å²) in [6.07, 6.45) is 15.6. The maximum Gasteiger partial charge on any atom is 0.0704 e. The van der Waals surface area contributed by atoms with Crippen LogP contribution < -0.4 is 0 Å². The van der Waals surface area contributed by atoms with Crippen LogP contribution in [0, 0.1) is 34.5 Å². The molecule has 3 heteroatoms. The van der Waals surface area contributed by atoms with E-state index in [0.29, 0.717) is 16.9 Å². The summed E-state index contributed by atoms with van der Waals surface area (Å²) < 4.78 is 12.2. The smallest absolute Gasteiger partial charge is 0.0704 e. The van der Waals surface area contributed by atoms with Gasteiger partial charge in [0.2, 0.25) is 0 Å². The van der Waals surface area contributed by atoms with Gasteiger partial charge in [0, 0.05) is 6.54 Å². The second-order valence-corrected chi connectivity index (χ2v) is 12.2. The normalized spacial score (nSPS) is 45.4. The van der Waals surface area contributed by atoms with E-state index in [9.17, 15) is 0 Å². The second kappa shape index (κ2) is 9.11. The minimum absolute atomic E-state index is 0.458. The summed E-state index contributed by atoms with van der Waals surface area (Å²) in [6.45, 7) is 15.7. The molecule has 0 bridgehead atoms. The summed E-state index contributed by atoms with van der Waals surface area (Å²) >= 11 is 0. The number of likely N-dealkylation sites (tertiary alicyclic amines) is 1. The van der Waals surface area contributed by atoms with Gasteiger partial charge in [-0.15, -0.1) is 0 Å². The van der Waals surface area contributed by atoms with E-state index in [1.165, 1.54) is 83.7 Å². The fraction of sp³-hybridized carbons (Fsp3) is 0.929. The molecule has 0 spiro atoms. The summed E-state index contributed by atoms with van der Waals surface area (Å²) in [7, 11) is 0. The molecule has 5 fully saturated rings. The van der Waals surface area contributed by atoms with E-state index in [2.05, 4.69) is 25.3 Å². The number of fused-ring (bicyclic) bond motifs is 5. The standard InChI is InChI=1S/C28H47NO2/c1-21-6-9-25-24-8-7-22-20-23(31-19-18-30-17-16-29-14-4-5-15-29)10-12-28(22,3)26(24)11-13-27(21,25)2/h22-26H,1,4-20H2,2-3H3/t22?,23-,24?,25?,26?,27+,28-/m0/s1. The van der Waals surface area contributed by atoms with Crippen LogP contribution in [-0.2, 0) is 9.47 Å². The van der Waals surface area contributed by atoms with E-state index in [0.717, 1.165) is 50.0 Å². The van der Waals surface area contributed by atoms with E-state index in [1.54, 1.807) is 5.57 Å². The number of nitrogens with zero attached hydrogens (tertiary/aromatic N) is 1.